The Hall–Kier alpha value is -6.78. The van der Waals surface area contributed by atoms with Gasteiger partial charge in [0.15, 0.2) is 16.5 Å². The zero-order chi connectivity index (χ0) is 56.8. The normalized spacial score (nSPS) is 28.0. The predicted molar refractivity (Wildman–Crippen MR) is 296 cm³/mol. The number of anilines is 2. The number of hydrazone groups is 1. The number of likely N-dealkylation sites (tertiary alicyclic amines) is 1. The summed E-state index contributed by atoms with van der Waals surface area (Å²) in [5.74, 6) is -6.54. The molecule has 21 heteroatoms. The van der Waals surface area contributed by atoms with Gasteiger partial charge in [0.2, 0.25) is 5.91 Å². The number of amides is 2. The van der Waals surface area contributed by atoms with Crippen LogP contribution in [0.3, 0.4) is 0 Å². The molecule has 9 atom stereocenters. The Morgan fingerprint density at radius 2 is 1.62 bits per heavy atom. The number of carbonyl (C=O) groups is 4. The van der Waals surface area contributed by atoms with Crippen LogP contribution in [0.4, 0.5) is 11.4 Å². The van der Waals surface area contributed by atoms with Crippen molar-refractivity contribution in [2.75, 3.05) is 37.4 Å². The molecule has 4 bridgehead atoms. The number of hydrogen-bond acceptors (Lipinski definition) is 17. The summed E-state index contributed by atoms with van der Waals surface area (Å²) in [6.45, 7) is 21.0. The maximum Gasteiger partial charge on any atom is 0.312 e. The van der Waals surface area contributed by atoms with Gasteiger partial charge in [0.05, 0.1) is 47.1 Å². The van der Waals surface area contributed by atoms with Crippen molar-refractivity contribution in [1.29, 1.82) is 0 Å². The molecule has 0 aliphatic carbocycles. The van der Waals surface area contributed by atoms with Crippen LogP contribution >= 0.6 is 12.2 Å². The van der Waals surface area contributed by atoms with E-state index in [1.807, 2.05) is 12.1 Å². The topological polar surface area (TPSA) is 289 Å². The van der Waals surface area contributed by atoms with Crippen molar-refractivity contribution in [1.82, 2.24) is 10.3 Å². The third-order valence-corrected chi connectivity index (χ3v) is 14.6. The van der Waals surface area contributed by atoms with Crippen LogP contribution in [-0.4, -0.2) is 123 Å². The third-order valence-electron chi connectivity index (χ3n) is 14.5. The van der Waals surface area contributed by atoms with E-state index < -0.39 is 82.9 Å². The lowest BCUT2D eigenvalue weighted by molar-refractivity contribution is -0.160. The average molecular weight is 1080 g/mol. The van der Waals surface area contributed by atoms with Crippen LogP contribution in [0, 0.1) is 36.5 Å². The largest absolute Gasteiger partial charge is 0.507 e. The molecular weight excluding hydrogens is 1010 g/mol. The predicted octanol–water partition coefficient (Wildman–Crippen LogP) is 5.56. The van der Waals surface area contributed by atoms with Crippen LogP contribution in [0.2, 0.25) is 0 Å². The maximum absolute atomic E-state index is 14.7. The molecule has 20 nitrogen and oxygen atoms in total. The molecule has 77 heavy (non-hydrogen) atoms. The number of rotatable bonds is 7. The lowest BCUT2D eigenvalue weighted by Crippen LogP contribution is -2.46. The number of carbonyl (C=O) groups excluding carboxylic acids is 4. The number of aliphatic hydroxyl groups excluding tert-OH is 2. The number of phenolic OH excluding ortho intramolecular Hbond substituents is 2. The number of piperidine rings is 1. The third kappa shape index (κ3) is 13.3. The number of nitrogens with zero attached hydrogens (tertiary/aromatic N) is 4. The Balaban J connectivity index is 0.000000514. The van der Waals surface area contributed by atoms with Gasteiger partial charge in [-0.3, -0.25) is 34.6 Å². The molecule has 4 aliphatic heterocycles. The number of aliphatic hydroxyl groups is 2. The van der Waals surface area contributed by atoms with Crippen LogP contribution < -0.4 is 37.2 Å². The van der Waals surface area contributed by atoms with Gasteiger partial charge in [0, 0.05) is 106 Å². The minimum absolute atomic E-state index is 0.0364. The van der Waals surface area contributed by atoms with E-state index in [-0.39, 0.29) is 66.4 Å². The number of phenols is 2. The molecular formula is C56H74N8O12S. The van der Waals surface area contributed by atoms with Gasteiger partial charge >= 0.3 is 11.8 Å². The minimum Gasteiger partial charge on any atom is -0.507 e. The van der Waals surface area contributed by atoms with Gasteiger partial charge in [-0.2, -0.15) is 5.10 Å². The Kier molecular flexibility index (Phi) is 19.1. The van der Waals surface area contributed by atoms with E-state index in [1.165, 1.54) is 34.1 Å². The molecule has 0 saturated carbocycles. The zero-order valence-electron chi connectivity index (χ0n) is 45.8. The molecule has 7 rings (SSSR count). The van der Waals surface area contributed by atoms with Crippen molar-refractivity contribution in [3.8, 4) is 17.2 Å². The summed E-state index contributed by atoms with van der Waals surface area (Å²) >= 11 is 4.58. The van der Waals surface area contributed by atoms with E-state index in [0.29, 0.717) is 31.8 Å². The smallest absolute Gasteiger partial charge is 0.312 e. The Labute approximate surface area is 454 Å². The first-order valence-electron chi connectivity index (χ1n) is 25.8. The second-order valence-electron chi connectivity index (χ2n) is 21.0. The fraction of sp³-hybridized carbons (Fsp3) is 0.500. The number of ketones is 1. The van der Waals surface area contributed by atoms with Gasteiger partial charge < -0.3 is 60.6 Å². The number of nitrogens with two attached hydrogens (primary N) is 1. The van der Waals surface area contributed by atoms with E-state index in [1.54, 1.807) is 84.2 Å². The van der Waals surface area contributed by atoms with Crippen LogP contribution in [-0.2, 0) is 28.6 Å². The molecule has 9 N–H and O–H groups in total. The molecule has 4 aliphatic rings. The highest BCUT2D eigenvalue weighted by Crippen LogP contribution is 2.50. The first-order chi connectivity index (χ1) is 36.2. The molecule has 3 aromatic carbocycles. The van der Waals surface area contributed by atoms with Gasteiger partial charge in [-0.1, -0.05) is 71.9 Å². The van der Waals surface area contributed by atoms with Crippen molar-refractivity contribution >= 4 is 69.3 Å². The quantitative estimate of drug-likeness (QED) is 0.0472. The van der Waals surface area contributed by atoms with Crippen molar-refractivity contribution in [2.24, 2.45) is 50.4 Å². The summed E-state index contributed by atoms with van der Waals surface area (Å²) in [4.78, 5) is 64.4. The number of aromatic hydroxyl groups is 2. The molecule has 4 heterocycles. The number of allylic oxidation sites excluding steroid dienone is 2. The number of Topliss-reactive ketones (excluding diaryl/α,β-unsaturated/α-hetero) is 1. The van der Waals surface area contributed by atoms with Gasteiger partial charge in [-0.05, 0) is 55.8 Å². The van der Waals surface area contributed by atoms with Crippen molar-refractivity contribution < 1.29 is 58.6 Å². The molecule has 0 radical (unpaired) electrons. The summed E-state index contributed by atoms with van der Waals surface area (Å²) in [6.07, 6.45) is 6.62. The molecule has 0 aromatic heterocycles. The molecule has 1 spiro atoms. The first-order valence-corrected chi connectivity index (χ1v) is 26.2. The summed E-state index contributed by atoms with van der Waals surface area (Å²) in [5.41, 5.74) is 8.69. The standard InChI is InChI=1S/C46H62N4O11.C10H12N4OS/c1-22(2)21-50-18-16-46(17-19-50)48-34-31-32-39(54)28(8)42-33(31)43(56)45(10,61-42)59-20-15-30(58-11)25(5)41(60-29(9)51)27(7)38(53)26(6)37(52)23(3)13-12-14-24(4)44(57)47-36(40(32)55)35(34)49-46;1-7(15)13-9-4-2-8(3-5-9)6-12-14-10(11)16/h12-15,20,22-23,25-27,30,37-38,41,52-55H,16-19,21H2,1-11H3,(H,47,57);2-6H,1H3,(H,13,15)(H3,11,14,16)/b13-12-,20-15-,24-14+;12-6+/t23-,25+,26+,27-,30-,37-,38+,41-,45-;/m0./s1. The van der Waals surface area contributed by atoms with Crippen LogP contribution in [0.1, 0.15) is 104 Å². The second-order valence-corrected chi connectivity index (χ2v) is 21.4. The van der Waals surface area contributed by atoms with E-state index in [4.69, 9.17) is 34.7 Å². The maximum atomic E-state index is 14.7. The van der Waals surface area contributed by atoms with E-state index >= 15 is 0 Å². The number of methoxy groups -OCH3 is 1. The van der Waals surface area contributed by atoms with Crippen LogP contribution in [0.25, 0.3) is 10.8 Å². The highest BCUT2D eigenvalue weighted by Gasteiger charge is 2.50. The fourth-order valence-corrected chi connectivity index (χ4v) is 10.3. The Morgan fingerprint density at radius 1 is 0.974 bits per heavy atom. The van der Waals surface area contributed by atoms with Crippen molar-refractivity contribution in [2.45, 2.75) is 125 Å². The summed E-state index contributed by atoms with van der Waals surface area (Å²) < 4.78 is 24.0. The molecule has 3 aromatic rings. The van der Waals surface area contributed by atoms with Gasteiger partial charge in [0.25, 0.3) is 11.7 Å². The van der Waals surface area contributed by atoms with E-state index in [2.05, 4.69) is 52.1 Å². The van der Waals surface area contributed by atoms with Crippen LogP contribution in [0.15, 0.2) is 75.5 Å². The molecule has 2 amide bonds. The van der Waals surface area contributed by atoms with Crippen molar-refractivity contribution in [3.63, 3.8) is 0 Å². The second kappa shape index (κ2) is 24.7. The van der Waals surface area contributed by atoms with E-state index in [0.717, 1.165) is 17.8 Å². The molecule has 416 valence electrons. The SMILES string of the molecule is CC(=O)Nc1ccc(/C=N/NC(N)=S)cc1.CO[C@H]1/C=C\O[C@@]2(C)Oc3c(C)c(O)c4c(O)c(c5c(c4c3C2=O)=NC2(CCN(CC(C)C)CC2)N=5)NC(=O)/C(C)=C/C=C\[C@H](C)[C@H](O)[C@@H](C)[C@@H](O)[C@H](C)[C@@H](OC(C)=O)[C@@H]1C. The zero-order valence-corrected chi connectivity index (χ0v) is 46.7. The number of esters is 1. The van der Waals surface area contributed by atoms with Gasteiger partial charge in [-0.25, -0.2) is 0 Å². The number of benzene rings is 3. The number of nitrogens with one attached hydrogen (secondary N) is 3. The highest BCUT2D eigenvalue weighted by molar-refractivity contribution is 7.80. The Bertz CT molecular complexity index is 3010. The first kappa shape index (κ1) is 59.5. The Morgan fingerprint density at radius 3 is 2.22 bits per heavy atom. The number of thiocarbonyl (C=S) groups is 1. The summed E-state index contributed by atoms with van der Waals surface area (Å²) in [6, 6.07) is 7.19. The molecule has 0 unspecified atom stereocenters. The highest BCUT2D eigenvalue weighted by atomic mass is 32.1. The number of fused-ring (bicyclic) bond motifs is 1. The summed E-state index contributed by atoms with van der Waals surface area (Å²) in [5, 5.41) is 56.8. The molecule has 1 saturated heterocycles. The van der Waals surface area contributed by atoms with Crippen molar-refractivity contribution in [3.05, 3.63) is 87.8 Å². The average Bonchev–Trinajstić information content (AvgIpc) is 4.06. The number of hydrogen-bond donors (Lipinski definition) is 8. The monoisotopic (exact) mass is 1080 g/mol. The summed E-state index contributed by atoms with van der Waals surface area (Å²) in [7, 11) is 1.47. The molecule has 1 fully saturated rings. The number of ether oxygens (including phenoxy) is 4. The van der Waals surface area contributed by atoms with Gasteiger partial charge in [0.1, 0.15) is 28.6 Å². The van der Waals surface area contributed by atoms with Crippen LogP contribution in [0.5, 0.6) is 17.2 Å². The lowest BCUT2D eigenvalue weighted by Gasteiger charge is -2.38. The van der Waals surface area contributed by atoms with E-state index in [9.17, 15) is 39.6 Å². The minimum atomic E-state index is -1.96. The lowest BCUT2D eigenvalue weighted by atomic mass is 9.78. The van der Waals surface area contributed by atoms with Gasteiger partial charge in [-0.15, -0.1) is 0 Å². The fourth-order valence-electron chi connectivity index (χ4n) is 10.2.